The summed E-state index contributed by atoms with van der Waals surface area (Å²) in [5.74, 6) is -15.3. The van der Waals surface area contributed by atoms with Crippen molar-refractivity contribution in [1.82, 2.24) is 0 Å². The van der Waals surface area contributed by atoms with Gasteiger partial charge in [-0.2, -0.15) is 69.9 Å². The van der Waals surface area contributed by atoms with E-state index in [2.05, 4.69) is 4.18 Å². The second-order valence-electron chi connectivity index (χ2n) is 4.06. The first-order valence-electron chi connectivity index (χ1n) is 5.15. The summed E-state index contributed by atoms with van der Waals surface area (Å²) in [5, 5.41) is 0. The minimum absolute atomic E-state index is 1.73. The molecule has 0 atom stereocenters. The number of ether oxygens (including phenoxy) is 1. The van der Waals surface area contributed by atoms with Crippen LogP contribution in [0.1, 0.15) is 0 Å². The number of hydrogen-bond donors (Lipinski definition) is 0. The van der Waals surface area contributed by atoms with E-state index < -0.39 is 52.5 Å². The van der Waals surface area contributed by atoms with Crippen molar-refractivity contribution in [3.8, 4) is 0 Å². The van der Waals surface area contributed by atoms with E-state index in [1.807, 2.05) is 0 Å². The molecule has 0 saturated carbocycles. The van der Waals surface area contributed by atoms with Crippen LogP contribution in [-0.4, -0.2) is 50.8 Å². The van der Waals surface area contributed by atoms with Crippen molar-refractivity contribution in [3.63, 3.8) is 0 Å². The Labute approximate surface area is 132 Å². The summed E-state index contributed by atoms with van der Waals surface area (Å²) in [6, 6.07) is 0. The number of alkyl halides is 14. The van der Waals surface area contributed by atoms with E-state index in [-0.39, 0.29) is 0 Å². The van der Waals surface area contributed by atoms with Gasteiger partial charge in [0.1, 0.15) is 0 Å². The van der Waals surface area contributed by atoms with Gasteiger partial charge in [-0.15, -0.1) is 0 Å². The molecule has 0 aromatic rings. The molecule has 0 fully saturated rings. The van der Waals surface area contributed by atoms with Crippen molar-refractivity contribution in [2.45, 2.75) is 35.7 Å². The second kappa shape index (κ2) is 6.50. The monoisotopic (exact) mass is 448 g/mol. The second-order valence-corrected chi connectivity index (χ2v) is 5.67. The molecule has 0 unspecified atom stereocenters. The molecule has 0 rings (SSSR count). The molecule has 0 N–H and O–H groups in total. The molecular formula is C7H2F14O4S. The summed E-state index contributed by atoms with van der Waals surface area (Å²) in [4.78, 5) is 0. The highest BCUT2D eigenvalue weighted by Gasteiger charge is 2.83. The van der Waals surface area contributed by atoms with Gasteiger partial charge in [-0.3, -0.25) is 4.18 Å². The zero-order valence-electron chi connectivity index (χ0n) is 11.0. The molecule has 4 nitrogen and oxygen atoms in total. The van der Waals surface area contributed by atoms with Gasteiger partial charge in [-0.05, 0) is 0 Å². The van der Waals surface area contributed by atoms with Gasteiger partial charge in [0.15, 0.2) is 6.61 Å². The molecule has 0 radical (unpaired) electrons. The van der Waals surface area contributed by atoms with Gasteiger partial charge in [-0.25, -0.2) is 4.74 Å². The van der Waals surface area contributed by atoms with Crippen LogP contribution in [-0.2, 0) is 19.0 Å². The fraction of sp³-hybridized carbons (Fsp3) is 1.00. The predicted octanol–water partition coefficient (Wildman–Crippen LogP) is 3.89. The normalized spacial score (nSPS) is 16.1. The lowest BCUT2D eigenvalue weighted by atomic mass is 10.1. The van der Waals surface area contributed by atoms with Crippen molar-refractivity contribution in [1.29, 1.82) is 0 Å². The maximum atomic E-state index is 12.7. The Morgan fingerprint density at radius 3 is 1.35 bits per heavy atom. The van der Waals surface area contributed by atoms with Gasteiger partial charge < -0.3 is 0 Å². The molecule has 19 heteroatoms. The van der Waals surface area contributed by atoms with E-state index in [1.165, 1.54) is 0 Å². The number of halogens is 14. The first-order valence-corrected chi connectivity index (χ1v) is 6.56. The minimum Gasteiger partial charge on any atom is -0.254 e. The summed E-state index contributed by atoms with van der Waals surface area (Å²) in [5.41, 5.74) is -6.39. The van der Waals surface area contributed by atoms with E-state index in [1.54, 1.807) is 4.74 Å². The highest BCUT2D eigenvalue weighted by atomic mass is 32.2. The maximum Gasteiger partial charge on any atom is 0.523 e. The van der Waals surface area contributed by atoms with Crippen LogP contribution in [0.15, 0.2) is 0 Å². The number of rotatable bonds is 7. The Hall–Kier alpha value is -1.11. The topological polar surface area (TPSA) is 52.6 Å². The third kappa shape index (κ3) is 4.78. The lowest BCUT2D eigenvalue weighted by molar-refractivity contribution is -0.483. The van der Waals surface area contributed by atoms with E-state index >= 15 is 0 Å². The van der Waals surface area contributed by atoms with Gasteiger partial charge in [-0.1, -0.05) is 0 Å². The smallest absolute Gasteiger partial charge is 0.254 e. The van der Waals surface area contributed by atoms with E-state index in [9.17, 15) is 69.9 Å². The van der Waals surface area contributed by atoms with Crippen molar-refractivity contribution in [2.24, 2.45) is 0 Å². The SMILES string of the molecule is O=S(=O)(OCC(F)(F)OC(F)(F)C(F)(F)C(F)(F)C(F)(F)F)C(F)(F)F. The fourth-order valence-corrected chi connectivity index (χ4v) is 1.28. The molecular weight excluding hydrogens is 446 g/mol. The Morgan fingerprint density at radius 2 is 1.04 bits per heavy atom. The zero-order valence-corrected chi connectivity index (χ0v) is 11.9. The lowest BCUT2D eigenvalue weighted by Gasteiger charge is -2.34. The van der Waals surface area contributed by atoms with Gasteiger partial charge >= 0.3 is 45.9 Å². The van der Waals surface area contributed by atoms with Crippen molar-refractivity contribution in [2.75, 3.05) is 6.61 Å². The highest BCUT2D eigenvalue weighted by Crippen LogP contribution is 2.54. The average Bonchev–Trinajstić information content (AvgIpc) is 2.32. The summed E-state index contributed by atoms with van der Waals surface area (Å²) < 4.78 is 196. The third-order valence-electron chi connectivity index (χ3n) is 2.06. The molecule has 0 aromatic carbocycles. The summed E-state index contributed by atoms with van der Waals surface area (Å²) in [7, 11) is -6.89. The van der Waals surface area contributed by atoms with E-state index in [0.29, 0.717) is 0 Å². The van der Waals surface area contributed by atoms with Crippen LogP contribution in [0.5, 0.6) is 0 Å². The Kier molecular flexibility index (Phi) is 6.22. The molecule has 158 valence electrons. The molecule has 26 heavy (non-hydrogen) atoms. The molecule has 0 spiro atoms. The molecule has 0 aliphatic heterocycles. The average molecular weight is 448 g/mol. The van der Waals surface area contributed by atoms with Crippen molar-refractivity contribution < 1.29 is 78.8 Å². The molecule has 0 saturated heterocycles. The minimum atomic E-state index is -7.68. The maximum absolute atomic E-state index is 12.7. The Balaban J connectivity index is 5.53. The molecule has 0 aromatic heterocycles. The first kappa shape index (κ1) is 24.9. The predicted molar refractivity (Wildman–Crippen MR) is 47.9 cm³/mol. The van der Waals surface area contributed by atoms with Gasteiger partial charge in [0.05, 0.1) is 0 Å². The van der Waals surface area contributed by atoms with Crippen LogP contribution in [0, 0.1) is 0 Å². The first-order chi connectivity index (χ1) is 10.9. The van der Waals surface area contributed by atoms with Crippen LogP contribution < -0.4 is 0 Å². The van der Waals surface area contributed by atoms with E-state index in [0.717, 1.165) is 0 Å². The molecule has 0 heterocycles. The van der Waals surface area contributed by atoms with Crippen LogP contribution in [0.2, 0.25) is 0 Å². The lowest BCUT2D eigenvalue weighted by Crippen LogP contribution is -2.63. The van der Waals surface area contributed by atoms with Gasteiger partial charge in [0, 0.05) is 0 Å². The van der Waals surface area contributed by atoms with Crippen LogP contribution in [0.4, 0.5) is 61.5 Å². The van der Waals surface area contributed by atoms with Crippen molar-refractivity contribution in [3.05, 3.63) is 0 Å². The van der Waals surface area contributed by atoms with Gasteiger partial charge in [0.2, 0.25) is 0 Å². The van der Waals surface area contributed by atoms with Gasteiger partial charge in [0.25, 0.3) is 0 Å². The largest absolute Gasteiger partial charge is 0.523 e. The van der Waals surface area contributed by atoms with Crippen LogP contribution >= 0.6 is 0 Å². The summed E-state index contributed by atoms with van der Waals surface area (Å²) in [6.07, 6.45) is -20.9. The van der Waals surface area contributed by atoms with Crippen molar-refractivity contribution >= 4 is 10.1 Å². The quantitative estimate of drug-likeness (QED) is 0.337. The summed E-state index contributed by atoms with van der Waals surface area (Å²) >= 11 is 0. The molecule has 0 bridgehead atoms. The highest BCUT2D eigenvalue weighted by molar-refractivity contribution is 7.87. The summed E-state index contributed by atoms with van der Waals surface area (Å²) in [6.45, 7) is -3.40. The molecule has 0 aliphatic rings. The standard InChI is InChI=1S/C7H2F14O4S/c8-2(9,1-24-26(22,23)7(19,20)21)25-6(17,18)4(12,13)3(10,11)5(14,15)16/h1H2. The third-order valence-corrected chi connectivity index (χ3v) is 3.05. The number of hydrogen-bond acceptors (Lipinski definition) is 4. The fourth-order valence-electron chi connectivity index (χ4n) is 0.855. The van der Waals surface area contributed by atoms with Crippen LogP contribution in [0.25, 0.3) is 0 Å². The Bertz CT molecular complexity index is 602. The molecule has 0 aliphatic carbocycles. The zero-order chi connectivity index (χ0) is 21.6. The Morgan fingerprint density at radius 1 is 0.654 bits per heavy atom. The van der Waals surface area contributed by atoms with E-state index in [4.69, 9.17) is 0 Å². The molecule has 0 amide bonds. The van der Waals surface area contributed by atoms with Crippen LogP contribution in [0.3, 0.4) is 0 Å².